The number of rotatable bonds is 1. The van der Waals surface area contributed by atoms with Crippen molar-refractivity contribution in [1.82, 2.24) is 5.32 Å². The van der Waals surface area contributed by atoms with Crippen LogP contribution in [0.2, 0.25) is 5.02 Å². The quantitative estimate of drug-likeness (QED) is 0.781. The van der Waals surface area contributed by atoms with Crippen LogP contribution in [-0.2, 0) is 0 Å². The van der Waals surface area contributed by atoms with Crippen LogP contribution >= 0.6 is 11.6 Å². The highest BCUT2D eigenvalue weighted by Crippen LogP contribution is 2.24. The second-order valence-corrected chi connectivity index (χ2v) is 4.10. The summed E-state index contributed by atoms with van der Waals surface area (Å²) in [4.78, 5) is 13.4. The number of nitrogens with one attached hydrogen (secondary N) is 1. The predicted molar refractivity (Wildman–Crippen MR) is 61.6 cm³/mol. The van der Waals surface area contributed by atoms with Gasteiger partial charge < -0.3 is 5.32 Å². The molecular formula is C11H13ClN2O. The summed E-state index contributed by atoms with van der Waals surface area (Å²) in [6, 6.07) is 5.55. The molecule has 0 aromatic heterocycles. The van der Waals surface area contributed by atoms with Crippen molar-refractivity contribution in [1.29, 1.82) is 0 Å². The standard InChI is InChI=1S/C11H13ClN2O/c1-8-7-9(12)3-4-10(8)14-6-2-5-13-11(14)15/h3-4,7H,2,5-6H2,1H3,(H,13,15). The van der Waals surface area contributed by atoms with Gasteiger partial charge in [-0.2, -0.15) is 0 Å². The predicted octanol–water partition coefficient (Wildman–Crippen LogP) is 2.57. The SMILES string of the molecule is Cc1cc(Cl)ccc1N1CCCNC1=O. The molecule has 3 nitrogen and oxygen atoms in total. The van der Waals surface area contributed by atoms with E-state index in [0.29, 0.717) is 5.02 Å². The van der Waals surface area contributed by atoms with E-state index in [-0.39, 0.29) is 6.03 Å². The van der Waals surface area contributed by atoms with E-state index in [9.17, 15) is 4.79 Å². The number of nitrogens with zero attached hydrogens (tertiary/aromatic N) is 1. The van der Waals surface area contributed by atoms with Crippen LogP contribution < -0.4 is 10.2 Å². The lowest BCUT2D eigenvalue weighted by molar-refractivity contribution is 0.243. The molecule has 80 valence electrons. The monoisotopic (exact) mass is 224 g/mol. The first-order valence-corrected chi connectivity index (χ1v) is 5.38. The smallest absolute Gasteiger partial charge is 0.321 e. The number of halogens is 1. The number of anilines is 1. The summed E-state index contributed by atoms with van der Waals surface area (Å²) in [6.07, 6.45) is 0.980. The Labute approximate surface area is 94.0 Å². The second-order valence-electron chi connectivity index (χ2n) is 3.67. The van der Waals surface area contributed by atoms with Crippen LogP contribution in [0.1, 0.15) is 12.0 Å². The van der Waals surface area contributed by atoms with Crippen LogP contribution in [0.4, 0.5) is 10.5 Å². The molecule has 1 aromatic carbocycles. The van der Waals surface area contributed by atoms with Crippen molar-refractivity contribution >= 4 is 23.3 Å². The zero-order valence-electron chi connectivity index (χ0n) is 8.59. The van der Waals surface area contributed by atoms with Gasteiger partial charge in [-0.05, 0) is 37.1 Å². The van der Waals surface area contributed by atoms with E-state index in [0.717, 1.165) is 30.8 Å². The minimum Gasteiger partial charge on any atom is -0.338 e. The summed E-state index contributed by atoms with van der Waals surface area (Å²) < 4.78 is 0. The number of carbonyl (C=O) groups is 1. The Morgan fingerprint density at radius 3 is 2.93 bits per heavy atom. The summed E-state index contributed by atoms with van der Waals surface area (Å²) >= 11 is 5.87. The molecule has 0 bridgehead atoms. The zero-order chi connectivity index (χ0) is 10.8. The number of benzene rings is 1. The van der Waals surface area contributed by atoms with Crippen LogP contribution in [-0.4, -0.2) is 19.1 Å². The molecule has 0 saturated carbocycles. The molecule has 1 N–H and O–H groups in total. The fourth-order valence-electron chi connectivity index (χ4n) is 1.78. The van der Waals surface area contributed by atoms with Gasteiger partial charge in [0.25, 0.3) is 0 Å². The molecule has 0 unspecified atom stereocenters. The minimum atomic E-state index is -0.0216. The van der Waals surface area contributed by atoms with Crippen molar-refractivity contribution < 1.29 is 4.79 Å². The highest BCUT2D eigenvalue weighted by atomic mass is 35.5. The molecule has 0 atom stereocenters. The number of hydrogen-bond donors (Lipinski definition) is 1. The summed E-state index contributed by atoms with van der Waals surface area (Å²) in [5, 5.41) is 3.53. The molecular weight excluding hydrogens is 212 g/mol. The fourth-order valence-corrected chi connectivity index (χ4v) is 2.01. The summed E-state index contributed by atoms with van der Waals surface area (Å²) in [7, 11) is 0. The Hall–Kier alpha value is -1.22. The van der Waals surface area contributed by atoms with E-state index in [1.807, 2.05) is 25.1 Å². The zero-order valence-corrected chi connectivity index (χ0v) is 9.34. The number of carbonyl (C=O) groups excluding carboxylic acids is 1. The number of urea groups is 1. The molecule has 15 heavy (non-hydrogen) atoms. The van der Waals surface area contributed by atoms with Gasteiger partial charge in [-0.15, -0.1) is 0 Å². The third-order valence-corrected chi connectivity index (χ3v) is 2.76. The Bertz CT molecular complexity index is 392. The molecule has 0 spiro atoms. The van der Waals surface area contributed by atoms with Crippen molar-refractivity contribution in [3.63, 3.8) is 0 Å². The molecule has 1 aromatic rings. The van der Waals surface area contributed by atoms with Gasteiger partial charge in [0.15, 0.2) is 0 Å². The minimum absolute atomic E-state index is 0.0216. The normalized spacial score (nSPS) is 16.4. The van der Waals surface area contributed by atoms with E-state index in [1.54, 1.807) is 4.90 Å². The Morgan fingerprint density at radius 1 is 1.47 bits per heavy atom. The van der Waals surface area contributed by atoms with Gasteiger partial charge in [-0.3, -0.25) is 4.90 Å². The number of hydrogen-bond acceptors (Lipinski definition) is 1. The van der Waals surface area contributed by atoms with Gasteiger partial charge in [-0.25, -0.2) is 4.79 Å². The second kappa shape index (κ2) is 4.11. The maximum atomic E-state index is 11.6. The van der Waals surface area contributed by atoms with Crippen LogP contribution in [0.25, 0.3) is 0 Å². The van der Waals surface area contributed by atoms with Gasteiger partial charge in [0, 0.05) is 23.8 Å². The van der Waals surface area contributed by atoms with Crippen LogP contribution in [0.15, 0.2) is 18.2 Å². The first kappa shape index (κ1) is 10.3. The van der Waals surface area contributed by atoms with Gasteiger partial charge in [0.2, 0.25) is 0 Å². The molecule has 1 fully saturated rings. The average molecular weight is 225 g/mol. The molecule has 0 radical (unpaired) electrons. The topological polar surface area (TPSA) is 32.3 Å². The maximum Gasteiger partial charge on any atom is 0.321 e. The molecule has 2 rings (SSSR count). The van der Waals surface area contributed by atoms with Crippen LogP contribution in [0.5, 0.6) is 0 Å². The van der Waals surface area contributed by atoms with Gasteiger partial charge in [-0.1, -0.05) is 11.6 Å². The van der Waals surface area contributed by atoms with Crippen LogP contribution in [0.3, 0.4) is 0 Å². The lowest BCUT2D eigenvalue weighted by Crippen LogP contribution is -2.46. The number of amides is 2. The third-order valence-electron chi connectivity index (χ3n) is 2.53. The van der Waals surface area contributed by atoms with E-state index >= 15 is 0 Å². The van der Waals surface area contributed by atoms with Crippen molar-refractivity contribution in [3.8, 4) is 0 Å². The first-order valence-electron chi connectivity index (χ1n) is 5.00. The molecule has 0 aliphatic carbocycles. The fraction of sp³-hybridized carbons (Fsp3) is 0.364. The molecule has 1 saturated heterocycles. The molecule has 1 heterocycles. The summed E-state index contributed by atoms with van der Waals surface area (Å²) in [5.74, 6) is 0. The van der Waals surface area contributed by atoms with E-state index in [2.05, 4.69) is 5.32 Å². The lowest BCUT2D eigenvalue weighted by Gasteiger charge is -2.28. The van der Waals surface area contributed by atoms with Gasteiger partial charge >= 0.3 is 6.03 Å². The van der Waals surface area contributed by atoms with E-state index in [1.165, 1.54) is 0 Å². The van der Waals surface area contributed by atoms with Crippen molar-refractivity contribution in [2.75, 3.05) is 18.0 Å². The molecule has 4 heteroatoms. The number of aryl methyl sites for hydroxylation is 1. The maximum absolute atomic E-state index is 11.6. The van der Waals surface area contributed by atoms with Gasteiger partial charge in [0.1, 0.15) is 0 Å². The molecule has 2 amide bonds. The third kappa shape index (κ3) is 2.07. The Morgan fingerprint density at radius 2 is 2.27 bits per heavy atom. The van der Waals surface area contributed by atoms with Crippen molar-refractivity contribution in [2.24, 2.45) is 0 Å². The largest absolute Gasteiger partial charge is 0.338 e. The molecule has 1 aliphatic heterocycles. The summed E-state index contributed by atoms with van der Waals surface area (Å²) in [5.41, 5.74) is 1.97. The van der Waals surface area contributed by atoms with Crippen LogP contribution in [0, 0.1) is 6.92 Å². The first-order chi connectivity index (χ1) is 7.18. The Kier molecular flexibility index (Phi) is 2.82. The summed E-state index contributed by atoms with van der Waals surface area (Å²) in [6.45, 7) is 3.50. The molecule has 1 aliphatic rings. The van der Waals surface area contributed by atoms with E-state index in [4.69, 9.17) is 11.6 Å². The highest BCUT2D eigenvalue weighted by Gasteiger charge is 2.20. The van der Waals surface area contributed by atoms with E-state index < -0.39 is 0 Å². The highest BCUT2D eigenvalue weighted by molar-refractivity contribution is 6.30. The average Bonchev–Trinajstić information content (AvgIpc) is 2.20. The Balaban J connectivity index is 2.31. The van der Waals surface area contributed by atoms with Gasteiger partial charge in [0.05, 0.1) is 0 Å². The lowest BCUT2D eigenvalue weighted by atomic mass is 10.1. The van der Waals surface area contributed by atoms with Crippen molar-refractivity contribution in [3.05, 3.63) is 28.8 Å². The van der Waals surface area contributed by atoms with Crippen molar-refractivity contribution in [2.45, 2.75) is 13.3 Å².